The molecule has 9 nitrogen and oxygen atoms in total. The Hall–Kier alpha value is -3.80. The van der Waals surface area contributed by atoms with Crippen LogP contribution >= 0.6 is 0 Å². The highest BCUT2D eigenvalue weighted by molar-refractivity contribution is 5.80. The standard InChI is InChI=1S/C19H16F3N7O2/c1-18(30,15-24-6-2-7-25-15)11-3-4-12-13(9-11)29(14-5-8-26-16(23)28-14)17(27-12)31-10-19(20,21)22/h2-9,30H,10H2,1H3,(H2,23,26,28). The maximum atomic E-state index is 12.7. The van der Waals surface area contributed by atoms with Gasteiger partial charge >= 0.3 is 12.2 Å². The number of rotatable bonds is 5. The third kappa shape index (κ3) is 4.10. The second-order valence-corrected chi connectivity index (χ2v) is 6.75. The number of hydrogen-bond acceptors (Lipinski definition) is 8. The highest BCUT2D eigenvalue weighted by atomic mass is 19.4. The normalized spacial score (nSPS) is 13.8. The molecular formula is C19H16F3N7O2. The van der Waals surface area contributed by atoms with Crippen LogP contribution in [0.25, 0.3) is 16.9 Å². The quantitative estimate of drug-likeness (QED) is 0.494. The third-order valence-electron chi connectivity index (χ3n) is 4.44. The minimum atomic E-state index is -4.56. The summed E-state index contributed by atoms with van der Waals surface area (Å²) in [5.41, 5.74) is 5.11. The number of nitrogens with two attached hydrogens (primary N) is 1. The van der Waals surface area contributed by atoms with Crippen molar-refractivity contribution < 1.29 is 23.0 Å². The van der Waals surface area contributed by atoms with Gasteiger partial charge in [-0.25, -0.2) is 19.5 Å². The van der Waals surface area contributed by atoms with Crippen LogP contribution < -0.4 is 10.5 Å². The van der Waals surface area contributed by atoms with Gasteiger partial charge in [-0.1, -0.05) is 6.07 Å². The number of alkyl halides is 3. The number of nitrogens with zero attached hydrogens (tertiary/aromatic N) is 6. The van der Waals surface area contributed by atoms with E-state index in [2.05, 4.69) is 24.9 Å². The Labute approximate surface area is 173 Å². The summed E-state index contributed by atoms with van der Waals surface area (Å²) in [6, 6.07) is 7.40. The monoisotopic (exact) mass is 431 g/mol. The third-order valence-corrected chi connectivity index (χ3v) is 4.44. The summed E-state index contributed by atoms with van der Waals surface area (Å²) < 4.78 is 44.4. The van der Waals surface area contributed by atoms with Crippen molar-refractivity contribution in [1.82, 2.24) is 29.5 Å². The molecule has 4 rings (SSSR count). The lowest BCUT2D eigenvalue weighted by Gasteiger charge is -2.22. The summed E-state index contributed by atoms with van der Waals surface area (Å²) in [6.45, 7) is -0.0345. The first-order valence-corrected chi connectivity index (χ1v) is 8.96. The van der Waals surface area contributed by atoms with E-state index in [9.17, 15) is 18.3 Å². The summed E-state index contributed by atoms with van der Waals surface area (Å²) in [4.78, 5) is 20.2. The zero-order valence-electron chi connectivity index (χ0n) is 16.1. The second kappa shape index (κ2) is 7.47. The number of aliphatic hydroxyl groups is 1. The van der Waals surface area contributed by atoms with E-state index in [1.807, 2.05) is 0 Å². The van der Waals surface area contributed by atoms with E-state index < -0.39 is 18.4 Å². The van der Waals surface area contributed by atoms with E-state index in [4.69, 9.17) is 10.5 Å². The van der Waals surface area contributed by atoms with E-state index in [-0.39, 0.29) is 23.6 Å². The average Bonchev–Trinajstić information content (AvgIpc) is 3.10. The van der Waals surface area contributed by atoms with E-state index in [0.29, 0.717) is 16.6 Å². The summed E-state index contributed by atoms with van der Waals surface area (Å²) >= 11 is 0. The van der Waals surface area contributed by atoms with Crippen molar-refractivity contribution >= 4 is 17.0 Å². The molecule has 3 N–H and O–H groups in total. The van der Waals surface area contributed by atoms with Gasteiger partial charge in [-0.2, -0.15) is 23.1 Å². The van der Waals surface area contributed by atoms with Gasteiger partial charge in [0.2, 0.25) is 5.95 Å². The van der Waals surface area contributed by atoms with Crippen LogP contribution in [0.5, 0.6) is 6.01 Å². The van der Waals surface area contributed by atoms with Crippen LogP contribution in [0.1, 0.15) is 18.3 Å². The molecule has 12 heteroatoms. The molecule has 3 aromatic heterocycles. The van der Waals surface area contributed by atoms with Gasteiger partial charge in [0.05, 0.1) is 11.0 Å². The van der Waals surface area contributed by atoms with Crippen molar-refractivity contribution in [3.8, 4) is 11.8 Å². The first-order chi connectivity index (χ1) is 14.6. The Bertz CT molecular complexity index is 1230. The molecule has 160 valence electrons. The fourth-order valence-electron chi connectivity index (χ4n) is 2.99. The van der Waals surface area contributed by atoms with Gasteiger partial charge in [-0.3, -0.25) is 0 Å². The molecule has 1 aromatic carbocycles. The molecule has 0 radical (unpaired) electrons. The van der Waals surface area contributed by atoms with Crippen LogP contribution in [-0.2, 0) is 5.60 Å². The summed E-state index contributed by atoms with van der Waals surface area (Å²) in [5, 5.41) is 11.1. The Balaban J connectivity index is 1.89. The first-order valence-electron chi connectivity index (χ1n) is 8.96. The molecule has 1 atom stereocenters. The molecule has 0 aliphatic rings. The minimum absolute atomic E-state index is 0.0815. The van der Waals surface area contributed by atoms with Crippen molar-refractivity contribution in [2.45, 2.75) is 18.7 Å². The molecule has 0 bridgehead atoms. The second-order valence-electron chi connectivity index (χ2n) is 6.75. The molecule has 0 saturated carbocycles. The fourth-order valence-corrected chi connectivity index (χ4v) is 2.99. The zero-order valence-corrected chi connectivity index (χ0v) is 16.1. The van der Waals surface area contributed by atoms with Crippen LogP contribution in [-0.4, -0.2) is 47.4 Å². The average molecular weight is 431 g/mol. The molecule has 3 heterocycles. The smallest absolute Gasteiger partial charge is 0.422 e. The zero-order chi connectivity index (χ0) is 22.2. The van der Waals surface area contributed by atoms with E-state index in [1.54, 1.807) is 24.3 Å². The van der Waals surface area contributed by atoms with Crippen molar-refractivity contribution in [3.05, 3.63) is 60.3 Å². The summed E-state index contributed by atoms with van der Waals surface area (Å²) in [5.74, 6) is 0.224. The van der Waals surface area contributed by atoms with Gasteiger partial charge in [0.25, 0.3) is 0 Å². The van der Waals surface area contributed by atoms with Crippen molar-refractivity contribution in [2.24, 2.45) is 0 Å². The number of benzene rings is 1. The lowest BCUT2D eigenvalue weighted by Crippen LogP contribution is -2.25. The highest BCUT2D eigenvalue weighted by Crippen LogP contribution is 2.32. The Morgan fingerprint density at radius 2 is 1.81 bits per heavy atom. The van der Waals surface area contributed by atoms with E-state index >= 15 is 0 Å². The van der Waals surface area contributed by atoms with Crippen molar-refractivity contribution in [2.75, 3.05) is 12.3 Å². The Morgan fingerprint density at radius 1 is 1.06 bits per heavy atom. The number of hydrogen-bond donors (Lipinski definition) is 2. The number of aromatic nitrogens is 6. The number of nitrogen functional groups attached to an aromatic ring is 1. The molecule has 0 aliphatic carbocycles. The lowest BCUT2D eigenvalue weighted by atomic mass is 9.94. The lowest BCUT2D eigenvalue weighted by molar-refractivity contribution is -0.154. The molecule has 0 aliphatic heterocycles. The van der Waals surface area contributed by atoms with Crippen molar-refractivity contribution in [3.63, 3.8) is 0 Å². The molecule has 0 fully saturated rings. The predicted molar refractivity (Wildman–Crippen MR) is 103 cm³/mol. The number of anilines is 1. The van der Waals surface area contributed by atoms with Gasteiger partial charge in [0, 0.05) is 24.7 Å². The minimum Gasteiger partial charge on any atom is -0.455 e. The Morgan fingerprint density at radius 3 is 2.48 bits per heavy atom. The largest absolute Gasteiger partial charge is 0.455 e. The number of ether oxygens (including phenoxy) is 1. The van der Waals surface area contributed by atoms with Crippen LogP contribution in [0.15, 0.2) is 48.9 Å². The molecule has 4 aromatic rings. The van der Waals surface area contributed by atoms with E-state index in [0.717, 1.165) is 0 Å². The van der Waals surface area contributed by atoms with Gasteiger partial charge in [0.15, 0.2) is 12.4 Å². The fraction of sp³-hybridized carbons (Fsp3) is 0.211. The van der Waals surface area contributed by atoms with Crippen LogP contribution in [0.2, 0.25) is 0 Å². The molecule has 31 heavy (non-hydrogen) atoms. The van der Waals surface area contributed by atoms with Gasteiger partial charge in [-0.05, 0) is 30.7 Å². The number of halogens is 3. The van der Waals surface area contributed by atoms with Crippen LogP contribution in [0.4, 0.5) is 19.1 Å². The maximum Gasteiger partial charge on any atom is 0.422 e. The van der Waals surface area contributed by atoms with Crippen LogP contribution in [0.3, 0.4) is 0 Å². The summed E-state index contributed by atoms with van der Waals surface area (Å²) in [6.07, 6.45) is -0.222. The Kier molecular flexibility index (Phi) is 4.93. The molecule has 0 amide bonds. The molecule has 0 saturated heterocycles. The summed E-state index contributed by atoms with van der Waals surface area (Å²) in [7, 11) is 0. The number of fused-ring (bicyclic) bond motifs is 1. The van der Waals surface area contributed by atoms with E-state index in [1.165, 1.54) is 36.1 Å². The molecule has 0 spiro atoms. The topological polar surface area (TPSA) is 125 Å². The molecule has 1 unspecified atom stereocenters. The predicted octanol–water partition coefficient (Wildman–Crippen LogP) is 2.38. The van der Waals surface area contributed by atoms with Gasteiger partial charge in [-0.15, -0.1) is 0 Å². The highest BCUT2D eigenvalue weighted by Gasteiger charge is 2.32. The first kappa shape index (κ1) is 20.5. The van der Waals surface area contributed by atoms with Crippen molar-refractivity contribution in [1.29, 1.82) is 0 Å². The van der Waals surface area contributed by atoms with Gasteiger partial charge < -0.3 is 15.6 Å². The van der Waals surface area contributed by atoms with Crippen LogP contribution in [0, 0.1) is 0 Å². The van der Waals surface area contributed by atoms with Gasteiger partial charge in [0.1, 0.15) is 11.4 Å². The number of imidazole rings is 1. The maximum absolute atomic E-state index is 12.7. The SMILES string of the molecule is CC(O)(c1ccc2nc(OCC(F)(F)F)n(-c3ccnc(N)n3)c2c1)c1ncccn1. The molecular weight excluding hydrogens is 415 g/mol.